The minimum Gasteiger partial charge on any atom is -0.212 e. The van der Waals surface area contributed by atoms with Crippen LogP contribution in [0.5, 0.6) is 0 Å². The lowest BCUT2D eigenvalue weighted by Crippen LogP contribution is -1.99. The number of hydrogen-bond acceptors (Lipinski definition) is 2. The van der Waals surface area contributed by atoms with Gasteiger partial charge in [0.2, 0.25) is 9.05 Å². The van der Waals surface area contributed by atoms with Gasteiger partial charge in [-0.3, -0.25) is 0 Å². The van der Waals surface area contributed by atoms with Crippen LogP contribution in [0.3, 0.4) is 0 Å². The lowest BCUT2D eigenvalue weighted by atomic mass is 10.1. The van der Waals surface area contributed by atoms with Crippen molar-refractivity contribution in [1.82, 2.24) is 0 Å². The third-order valence-corrected chi connectivity index (χ3v) is 4.53. The molecule has 1 aromatic carbocycles. The summed E-state index contributed by atoms with van der Waals surface area (Å²) < 4.78 is 22.0. The SMILES string of the molecule is Cc1ccc(C2CC2S(=O)(=O)Cl)cc1. The van der Waals surface area contributed by atoms with Crippen LogP contribution in [0, 0.1) is 6.92 Å². The average molecular weight is 231 g/mol. The minimum absolute atomic E-state index is 0.109. The Kier molecular flexibility index (Phi) is 2.32. The van der Waals surface area contributed by atoms with Gasteiger partial charge in [-0.25, -0.2) is 8.42 Å². The van der Waals surface area contributed by atoms with Crippen molar-refractivity contribution in [2.75, 3.05) is 0 Å². The van der Waals surface area contributed by atoms with Gasteiger partial charge in [0.25, 0.3) is 0 Å². The molecule has 76 valence electrons. The van der Waals surface area contributed by atoms with Gasteiger partial charge in [0, 0.05) is 16.6 Å². The van der Waals surface area contributed by atoms with E-state index in [4.69, 9.17) is 10.7 Å². The van der Waals surface area contributed by atoms with Gasteiger partial charge in [-0.1, -0.05) is 29.8 Å². The average Bonchev–Trinajstić information content (AvgIpc) is 2.83. The summed E-state index contributed by atoms with van der Waals surface area (Å²) in [6, 6.07) is 7.93. The van der Waals surface area contributed by atoms with Crippen molar-refractivity contribution in [2.24, 2.45) is 0 Å². The summed E-state index contributed by atoms with van der Waals surface area (Å²) in [5.74, 6) is 0.109. The Balaban J connectivity index is 2.18. The molecular formula is C10H11ClO2S. The third kappa shape index (κ3) is 1.93. The minimum atomic E-state index is -3.36. The first-order valence-electron chi connectivity index (χ1n) is 4.48. The first-order valence-corrected chi connectivity index (χ1v) is 6.86. The second-order valence-corrected chi connectivity index (χ2v) is 6.61. The molecular weight excluding hydrogens is 220 g/mol. The second kappa shape index (κ2) is 3.24. The molecule has 2 atom stereocenters. The summed E-state index contributed by atoms with van der Waals surface area (Å²) >= 11 is 0. The van der Waals surface area contributed by atoms with Gasteiger partial charge in [0.1, 0.15) is 0 Å². The normalized spacial score (nSPS) is 26.1. The fourth-order valence-corrected chi connectivity index (χ4v) is 3.22. The standard InChI is InChI=1S/C10H11ClO2S/c1-7-2-4-8(5-3-7)9-6-10(9)14(11,12)13/h2-5,9-10H,6H2,1H3. The Morgan fingerprint density at radius 1 is 1.29 bits per heavy atom. The second-order valence-electron chi connectivity index (χ2n) is 3.77. The fourth-order valence-electron chi connectivity index (χ4n) is 1.65. The van der Waals surface area contributed by atoms with Crippen LogP contribution in [0.2, 0.25) is 0 Å². The monoisotopic (exact) mass is 230 g/mol. The molecule has 1 fully saturated rings. The van der Waals surface area contributed by atoms with Gasteiger partial charge < -0.3 is 0 Å². The molecule has 0 N–H and O–H groups in total. The smallest absolute Gasteiger partial charge is 0.212 e. The van der Waals surface area contributed by atoms with Crippen LogP contribution in [0.4, 0.5) is 0 Å². The molecule has 14 heavy (non-hydrogen) atoms. The van der Waals surface area contributed by atoms with Crippen molar-refractivity contribution in [1.29, 1.82) is 0 Å². The predicted octanol–water partition coefficient (Wildman–Crippen LogP) is 2.42. The number of hydrogen-bond donors (Lipinski definition) is 0. The Labute approximate surface area is 88.3 Å². The molecule has 1 saturated carbocycles. The molecule has 1 aliphatic carbocycles. The number of benzene rings is 1. The summed E-state index contributed by atoms with van der Waals surface area (Å²) in [4.78, 5) is 0. The van der Waals surface area contributed by atoms with Gasteiger partial charge in [-0.15, -0.1) is 0 Å². The molecule has 2 rings (SSSR count). The molecule has 0 aliphatic heterocycles. The van der Waals surface area contributed by atoms with E-state index in [9.17, 15) is 8.42 Å². The predicted molar refractivity (Wildman–Crippen MR) is 57.1 cm³/mol. The van der Waals surface area contributed by atoms with Gasteiger partial charge in [-0.2, -0.15) is 0 Å². The summed E-state index contributed by atoms with van der Waals surface area (Å²) in [7, 11) is 1.91. The van der Waals surface area contributed by atoms with Crippen LogP contribution in [0.25, 0.3) is 0 Å². The van der Waals surface area contributed by atoms with Crippen molar-refractivity contribution < 1.29 is 8.42 Å². The molecule has 2 unspecified atom stereocenters. The van der Waals surface area contributed by atoms with E-state index in [1.807, 2.05) is 31.2 Å². The lowest BCUT2D eigenvalue weighted by molar-refractivity contribution is 0.607. The molecule has 0 saturated heterocycles. The summed E-state index contributed by atoms with van der Waals surface area (Å²) in [6.07, 6.45) is 0.662. The first kappa shape index (κ1) is 9.99. The van der Waals surface area contributed by atoms with E-state index in [2.05, 4.69) is 0 Å². The van der Waals surface area contributed by atoms with Gasteiger partial charge in [0.15, 0.2) is 0 Å². The Hall–Kier alpha value is -0.540. The molecule has 4 heteroatoms. The molecule has 1 aromatic rings. The van der Waals surface area contributed by atoms with Crippen LogP contribution in [0.15, 0.2) is 24.3 Å². The molecule has 0 bridgehead atoms. The van der Waals surface area contributed by atoms with Crippen LogP contribution in [0.1, 0.15) is 23.5 Å². The Morgan fingerprint density at radius 3 is 2.29 bits per heavy atom. The molecule has 0 spiro atoms. The molecule has 0 heterocycles. The largest absolute Gasteiger partial charge is 0.236 e. The highest BCUT2D eigenvalue weighted by Gasteiger charge is 2.47. The van der Waals surface area contributed by atoms with E-state index >= 15 is 0 Å². The van der Waals surface area contributed by atoms with E-state index in [-0.39, 0.29) is 11.2 Å². The zero-order valence-corrected chi connectivity index (χ0v) is 9.35. The van der Waals surface area contributed by atoms with E-state index in [1.54, 1.807) is 0 Å². The lowest BCUT2D eigenvalue weighted by Gasteiger charge is -1.99. The fraction of sp³-hybridized carbons (Fsp3) is 0.400. The van der Waals surface area contributed by atoms with Gasteiger partial charge >= 0.3 is 0 Å². The highest BCUT2D eigenvalue weighted by Crippen LogP contribution is 2.47. The number of halogens is 1. The third-order valence-electron chi connectivity index (χ3n) is 2.60. The number of rotatable bonds is 2. The van der Waals surface area contributed by atoms with Crippen LogP contribution >= 0.6 is 10.7 Å². The Morgan fingerprint density at radius 2 is 1.86 bits per heavy atom. The van der Waals surface area contributed by atoms with Gasteiger partial charge in [0.05, 0.1) is 5.25 Å². The topological polar surface area (TPSA) is 34.1 Å². The summed E-state index contributed by atoms with van der Waals surface area (Å²) in [5, 5.41) is -0.369. The maximum absolute atomic E-state index is 11.0. The molecule has 1 aliphatic rings. The van der Waals surface area contributed by atoms with Crippen LogP contribution < -0.4 is 0 Å². The van der Waals surface area contributed by atoms with Crippen molar-refractivity contribution in [3.63, 3.8) is 0 Å². The molecule has 0 radical (unpaired) electrons. The molecule has 0 aromatic heterocycles. The maximum Gasteiger partial charge on any atom is 0.236 e. The van der Waals surface area contributed by atoms with E-state index in [1.165, 1.54) is 5.56 Å². The van der Waals surface area contributed by atoms with Gasteiger partial charge in [-0.05, 0) is 18.9 Å². The summed E-state index contributed by atoms with van der Waals surface area (Å²) in [6.45, 7) is 2.01. The van der Waals surface area contributed by atoms with Crippen molar-refractivity contribution in [3.8, 4) is 0 Å². The van der Waals surface area contributed by atoms with E-state index < -0.39 is 9.05 Å². The molecule has 0 amide bonds. The Bertz CT molecular complexity index is 436. The highest BCUT2D eigenvalue weighted by molar-refractivity contribution is 8.14. The highest BCUT2D eigenvalue weighted by atomic mass is 35.7. The quantitative estimate of drug-likeness (QED) is 0.732. The zero-order valence-electron chi connectivity index (χ0n) is 7.77. The van der Waals surface area contributed by atoms with Crippen molar-refractivity contribution in [3.05, 3.63) is 35.4 Å². The van der Waals surface area contributed by atoms with E-state index in [0.717, 1.165) is 5.56 Å². The van der Waals surface area contributed by atoms with Crippen LogP contribution in [-0.4, -0.2) is 13.7 Å². The van der Waals surface area contributed by atoms with Crippen molar-refractivity contribution >= 4 is 19.7 Å². The maximum atomic E-state index is 11.0. The first-order chi connectivity index (χ1) is 6.48. The van der Waals surface area contributed by atoms with E-state index in [0.29, 0.717) is 6.42 Å². The summed E-state index contributed by atoms with van der Waals surface area (Å²) in [5.41, 5.74) is 2.25. The number of aryl methyl sites for hydroxylation is 1. The molecule has 2 nitrogen and oxygen atoms in total. The van der Waals surface area contributed by atoms with Crippen LogP contribution in [-0.2, 0) is 9.05 Å². The zero-order chi connectivity index (χ0) is 10.3. The van der Waals surface area contributed by atoms with Crippen molar-refractivity contribution in [2.45, 2.75) is 24.5 Å².